The van der Waals surface area contributed by atoms with Gasteiger partial charge in [-0.3, -0.25) is 9.59 Å². The van der Waals surface area contributed by atoms with Crippen molar-refractivity contribution in [1.29, 1.82) is 0 Å². The van der Waals surface area contributed by atoms with Gasteiger partial charge >= 0.3 is 0 Å². The molecular formula is C23H26N2O2S2. The number of hydrogen-bond donors (Lipinski definition) is 2. The van der Waals surface area contributed by atoms with Gasteiger partial charge in [-0.1, -0.05) is 50.2 Å². The van der Waals surface area contributed by atoms with Crippen molar-refractivity contribution in [2.45, 2.75) is 38.6 Å². The summed E-state index contributed by atoms with van der Waals surface area (Å²) in [5, 5.41) is 9.92. The summed E-state index contributed by atoms with van der Waals surface area (Å²) in [4.78, 5) is 26.3. The van der Waals surface area contributed by atoms with Crippen LogP contribution in [-0.2, 0) is 4.79 Å². The molecule has 1 unspecified atom stereocenters. The molecule has 0 aliphatic rings. The third kappa shape index (κ3) is 6.02. The molecule has 3 rings (SSSR count). The molecule has 0 saturated carbocycles. The molecule has 3 aromatic rings. The van der Waals surface area contributed by atoms with Crippen LogP contribution in [0.4, 0.5) is 0 Å². The second-order valence-corrected chi connectivity index (χ2v) is 9.10. The van der Waals surface area contributed by atoms with Crippen molar-refractivity contribution in [2.24, 2.45) is 0 Å². The van der Waals surface area contributed by atoms with E-state index < -0.39 is 0 Å². The topological polar surface area (TPSA) is 58.2 Å². The molecule has 6 heteroatoms. The Morgan fingerprint density at radius 3 is 2.24 bits per heavy atom. The fourth-order valence-electron chi connectivity index (χ4n) is 3.03. The predicted octanol–water partition coefficient (Wildman–Crippen LogP) is 5.35. The van der Waals surface area contributed by atoms with Crippen molar-refractivity contribution in [1.82, 2.24) is 10.6 Å². The molecule has 4 nitrogen and oxygen atoms in total. The lowest BCUT2D eigenvalue weighted by Gasteiger charge is -2.19. The molecule has 1 atom stereocenters. The highest BCUT2D eigenvalue weighted by Gasteiger charge is 2.18. The maximum absolute atomic E-state index is 12.6. The van der Waals surface area contributed by atoms with Gasteiger partial charge in [0.2, 0.25) is 5.91 Å². The van der Waals surface area contributed by atoms with Crippen LogP contribution in [0, 0.1) is 0 Å². The molecule has 0 saturated heterocycles. The molecular weight excluding hydrogens is 400 g/mol. The van der Waals surface area contributed by atoms with Crippen molar-refractivity contribution in [3.63, 3.8) is 0 Å². The summed E-state index contributed by atoms with van der Waals surface area (Å²) in [5.41, 5.74) is 2.36. The first-order valence-corrected chi connectivity index (χ1v) is 11.5. The van der Waals surface area contributed by atoms with Crippen molar-refractivity contribution in [2.75, 3.05) is 6.54 Å². The zero-order valence-corrected chi connectivity index (χ0v) is 18.3. The van der Waals surface area contributed by atoms with Gasteiger partial charge in [-0.2, -0.15) is 0 Å². The number of carbonyl (C=O) groups is 2. The number of thiophene rings is 2. The highest BCUT2D eigenvalue weighted by Crippen LogP contribution is 2.27. The van der Waals surface area contributed by atoms with Crippen molar-refractivity contribution >= 4 is 34.5 Å². The smallest absolute Gasteiger partial charge is 0.261 e. The lowest BCUT2D eigenvalue weighted by molar-refractivity contribution is -0.121. The van der Waals surface area contributed by atoms with E-state index in [-0.39, 0.29) is 17.9 Å². The molecule has 0 radical (unpaired) electrons. The van der Waals surface area contributed by atoms with E-state index in [0.717, 1.165) is 10.4 Å². The molecule has 0 aliphatic heterocycles. The molecule has 0 fully saturated rings. The van der Waals surface area contributed by atoms with Gasteiger partial charge in [0, 0.05) is 17.8 Å². The van der Waals surface area contributed by atoms with Gasteiger partial charge in [-0.15, -0.1) is 22.7 Å². The molecule has 0 aliphatic carbocycles. The lowest BCUT2D eigenvalue weighted by atomic mass is 9.98. The Morgan fingerprint density at radius 1 is 0.931 bits per heavy atom. The van der Waals surface area contributed by atoms with Gasteiger partial charge in [-0.05, 0) is 46.4 Å². The van der Waals surface area contributed by atoms with Crippen LogP contribution in [0.3, 0.4) is 0 Å². The Kier molecular flexibility index (Phi) is 7.61. The number of amides is 2. The molecule has 2 heterocycles. The van der Waals surface area contributed by atoms with Crippen LogP contribution in [0.25, 0.3) is 0 Å². The Hall–Kier alpha value is -2.44. The maximum Gasteiger partial charge on any atom is 0.261 e. The van der Waals surface area contributed by atoms with Crippen molar-refractivity contribution in [3.8, 4) is 0 Å². The quantitative estimate of drug-likeness (QED) is 0.453. The first-order chi connectivity index (χ1) is 14.0. The molecule has 2 aromatic heterocycles. The number of nitrogens with one attached hydrogen (secondary N) is 2. The summed E-state index contributed by atoms with van der Waals surface area (Å²) in [5.74, 6) is 0.382. The van der Waals surface area contributed by atoms with Gasteiger partial charge in [0.05, 0.1) is 10.9 Å². The normalized spacial score (nSPS) is 12.0. The summed E-state index contributed by atoms with van der Waals surface area (Å²) >= 11 is 3.05. The average Bonchev–Trinajstić information content (AvgIpc) is 3.43. The van der Waals surface area contributed by atoms with Gasteiger partial charge in [0.15, 0.2) is 0 Å². The van der Waals surface area contributed by atoms with Crippen molar-refractivity contribution < 1.29 is 9.59 Å². The van der Waals surface area contributed by atoms with E-state index >= 15 is 0 Å². The van der Waals surface area contributed by atoms with Crippen LogP contribution in [0.5, 0.6) is 0 Å². The third-order valence-corrected chi connectivity index (χ3v) is 6.49. The standard InChI is InChI=1S/C23H26N2O2S2/c1-16(2)17-9-11-18(12-10-17)22(19-6-4-14-28-19)25-21(26)8-3-13-24-23(27)20-7-5-15-29-20/h4-7,9-12,14-16,22H,3,8,13H2,1-2H3,(H,24,27)(H,25,26). The summed E-state index contributed by atoms with van der Waals surface area (Å²) in [6.07, 6.45) is 0.975. The monoisotopic (exact) mass is 426 g/mol. The van der Waals surface area contributed by atoms with E-state index in [1.807, 2.05) is 29.0 Å². The molecule has 1 aromatic carbocycles. The van der Waals surface area contributed by atoms with Crippen LogP contribution in [0.15, 0.2) is 59.3 Å². The SMILES string of the molecule is CC(C)c1ccc(C(NC(=O)CCCNC(=O)c2cccs2)c2cccs2)cc1. The van der Waals surface area contributed by atoms with E-state index in [0.29, 0.717) is 30.2 Å². The highest BCUT2D eigenvalue weighted by atomic mass is 32.1. The minimum atomic E-state index is -0.149. The van der Waals surface area contributed by atoms with Crippen LogP contribution in [-0.4, -0.2) is 18.4 Å². The zero-order valence-electron chi connectivity index (χ0n) is 16.7. The van der Waals surface area contributed by atoms with Gasteiger partial charge in [-0.25, -0.2) is 0 Å². The Balaban J connectivity index is 1.55. The molecule has 2 N–H and O–H groups in total. The van der Waals surface area contributed by atoms with Crippen LogP contribution >= 0.6 is 22.7 Å². The van der Waals surface area contributed by atoms with E-state index in [4.69, 9.17) is 0 Å². The Morgan fingerprint density at radius 2 is 1.62 bits per heavy atom. The second kappa shape index (κ2) is 10.4. The molecule has 29 heavy (non-hydrogen) atoms. The molecule has 152 valence electrons. The summed E-state index contributed by atoms with van der Waals surface area (Å²) in [6, 6.07) is 16.0. The summed E-state index contributed by atoms with van der Waals surface area (Å²) in [7, 11) is 0. The minimum absolute atomic E-state index is 0.0123. The number of hydrogen-bond acceptors (Lipinski definition) is 4. The fourth-order valence-corrected chi connectivity index (χ4v) is 4.47. The maximum atomic E-state index is 12.6. The van der Waals surface area contributed by atoms with E-state index in [2.05, 4.69) is 48.7 Å². The average molecular weight is 427 g/mol. The van der Waals surface area contributed by atoms with Gasteiger partial charge in [0.1, 0.15) is 0 Å². The van der Waals surface area contributed by atoms with Crippen molar-refractivity contribution in [3.05, 3.63) is 80.2 Å². The lowest BCUT2D eigenvalue weighted by Crippen LogP contribution is -2.30. The zero-order chi connectivity index (χ0) is 20.6. The first-order valence-electron chi connectivity index (χ1n) is 9.79. The third-order valence-electron chi connectivity index (χ3n) is 4.68. The minimum Gasteiger partial charge on any atom is -0.351 e. The summed E-state index contributed by atoms with van der Waals surface area (Å²) < 4.78 is 0. The Labute approximate surface area is 180 Å². The number of benzene rings is 1. The number of carbonyl (C=O) groups excluding carboxylic acids is 2. The largest absolute Gasteiger partial charge is 0.351 e. The van der Waals surface area contributed by atoms with Crippen LogP contribution in [0.1, 0.15) is 64.3 Å². The van der Waals surface area contributed by atoms with E-state index in [1.165, 1.54) is 16.9 Å². The predicted molar refractivity (Wildman–Crippen MR) is 121 cm³/mol. The van der Waals surface area contributed by atoms with E-state index in [9.17, 15) is 9.59 Å². The highest BCUT2D eigenvalue weighted by molar-refractivity contribution is 7.12. The van der Waals surface area contributed by atoms with Gasteiger partial charge in [0.25, 0.3) is 5.91 Å². The molecule has 0 bridgehead atoms. The number of rotatable bonds is 9. The van der Waals surface area contributed by atoms with Crippen LogP contribution in [0.2, 0.25) is 0 Å². The van der Waals surface area contributed by atoms with Gasteiger partial charge < -0.3 is 10.6 Å². The molecule has 2 amide bonds. The summed E-state index contributed by atoms with van der Waals surface area (Å²) in [6.45, 7) is 4.83. The first kappa shape index (κ1) is 21.3. The van der Waals surface area contributed by atoms with E-state index in [1.54, 1.807) is 17.4 Å². The molecule has 0 spiro atoms. The Bertz CT molecular complexity index is 901. The van der Waals surface area contributed by atoms with Crippen LogP contribution < -0.4 is 10.6 Å². The fraction of sp³-hybridized carbons (Fsp3) is 0.304. The second-order valence-electron chi connectivity index (χ2n) is 7.17.